The fourth-order valence-corrected chi connectivity index (χ4v) is 3.77. The minimum atomic E-state index is -3.54. The number of rotatable bonds is 4. The van der Waals surface area contributed by atoms with Crippen LogP contribution in [0.1, 0.15) is 18.7 Å². The van der Waals surface area contributed by atoms with E-state index in [2.05, 4.69) is 9.71 Å². The fraction of sp³-hybridized carbons (Fsp3) is 0.182. The van der Waals surface area contributed by atoms with Crippen LogP contribution in [0.2, 0.25) is 0 Å². The highest BCUT2D eigenvalue weighted by Crippen LogP contribution is 2.23. The Labute approximate surface area is 110 Å². The second kappa shape index (κ2) is 5.05. The van der Waals surface area contributed by atoms with Gasteiger partial charge in [0.2, 0.25) is 0 Å². The van der Waals surface area contributed by atoms with Gasteiger partial charge in [-0.15, -0.1) is 11.3 Å². The van der Waals surface area contributed by atoms with Crippen molar-refractivity contribution >= 4 is 27.0 Å². The van der Waals surface area contributed by atoms with Crippen LogP contribution in [0.5, 0.6) is 0 Å². The fourth-order valence-electron chi connectivity index (χ4n) is 1.45. The van der Waals surface area contributed by atoms with E-state index in [1.807, 2.05) is 6.07 Å². The Morgan fingerprint density at radius 1 is 1.44 bits per heavy atom. The molecule has 0 aromatic carbocycles. The smallest absolute Gasteiger partial charge is 0.250 e. The van der Waals surface area contributed by atoms with Crippen LogP contribution in [0.25, 0.3) is 0 Å². The molecule has 1 unspecified atom stereocenters. The molecule has 2 heterocycles. The molecule has 0 radical (unpaired) electrons. The summed E-state index contributed by atoms with van der Waals surface area (Å²) in [5.41, 5.74) is 6.64. The molecule has 7 heteroatoms. The van der Waals surface area contributed by atoms with E-state index in [9.17, 15) is 8.42 Å². The number of sulfonamides is 1. The van der Waals surface area contributed by atoms with Gasteiger partial charge in [0.05, 0.1) is 11.7 Å². The number of hydrogen-bond donors (Lipinski definition) is 2. The first-order chi connectivity index (χ1) is 8.49. The van der Waals surface area contributed by atoms with Gasteiger partial charge >= 0.3 is 0 Å². The van der Waals surface area contributed by atoms with Gasteiger partial charge in [0.1, 0.15) is 4.21 Å². The molecule has 2 aromatic rings. The molecule has 0 spiro atoms. The maximum absolute atomic E-state index is 12.0. The first-order valence-electron chi connectivity index (χ1n) is 5.26. The van der Waals surface area contributed by atoms with Gasteiger partial charge in [-0.25, -0.2) is 13.1 Å². The Morgan fingerprint density at radius 2 is 2.22 bits per heavy atom. The lowest BCUT2D eigenvalue weighted by molar-refractivity contribution is 0.566. The van der Waals surface area contributed by atoms with Gasteiger partial charge in [-0.2, -0.15) is 0 Å². The Kier molecular flexibility index (Phi) is 3.65. The Hall–Kier alpha value is -1.44. The molecular formula is C11H13N3O2S2. The minimum absolute atomic E-state index is 0.211. The monoisotopic (exact) mass is 283 g/mol. The predicted octanol–water partition coefficient (Wildman–Crippen LogP) is 1.76. The van der Waals surface area contributed by atoms with E-state index >= 15 is 0 Å². The molecule has 96 valence electrons. The van der Waals surface area contributed by atoms with Crippen LogP contribution in [0, 0.1) is 0 Å². The number of hydrogen-bond acceptors (Lipinski definition) is 5. The zero-order valence-electron chi connectivity index (χ0n) is 9.70. The number of aromatic nitrogens is 1. The number of pyridine rings is 1. The van der Waals surface area contributed by atoms with Gasteiger partial charge in [0, 0.05) is 17.3 Å². The van der Waals surface area contributed by atoms with Crippen LogP contribution in [-0.2, 0) is 10.0 Å². The van der Waals surface area contributed by atoms with Gasteiger partial charge in [-0.3, -0.25) is 4.98 Å². The highest BCUT2D eigenvalue weighted by atomic mass is 32.2. The lowest BCUT2D eigenvalue weighted by Crippen LogP contribution is -2.26. The summed E-state index contributed by atoms with van der Waals surface area (Å²) < 4.78 is 26.9. The summed E-state index contributed by atoms with van der Waals surface area (Å²) in [6, 6.07) is 6.43. The summed E-state index contributed by atoms with van der Waals surface area (Å²) in [6.45, 7) is 1.75. The van der Waals surface area contributed by atoms with E-state index in [1.165, 1.54) is 6.07 Å². The number of nitrogens with zero attached hydrogens (tertiary/aromatic N) is 1. The molecule has 0 aliphatic carbocycles. The molecular weight excluding hydrogens is 270 g/mol. The Balaban J connectivity index is 2.19. The second-order valence-corrected chi connectivity index (χ2v) is 6.65. The topological polar surface area (TPSA) is 85.1 Å². The SMILES string of the molecule is CC(NS(=O)(=O)c1cc(N)cs1)c1ccccn1. The highest BCUT2D eigenvalue weighted by Gasteiger charge is 2.20. The molecule has 0 aliphatic heterocycles. The number of anilines is 1. The van der Waals surface area contributed by atoms with Gasteiger partial charge in [0.15, 0.2) is 0 Å². The van der Waals surface area contributed by atoms with Crippen LogP contribution < -0.4 is 10.5 Å². The van der Waals surface area contributed by atoms with E-state index in [1.54, 1.807) is 30.6 Å². The first-order valence-corrected chi connectivity index (χ1v) is 7.62. The number of nitrogen functional groups attached to an aromatic ring is 1. The predicted molar refractivity (Wildman–Crippen MR) is 71.7 cm³/mol. The molecule has 5 nitrogen and oxygen atoms in total. The van der Waals surface area contributed by atoms with Crippen molar-refractivity contribution in [2.45, 2.75) is 17.2 Å². The summed E-state index contributed by atoms with van der Waals surface area (Å²) in [5.74, 6) is 0. The first kappa shape index (κ1) is 13.0. The maximum atomic E-state index is 12.0. The molecule has 1 atom stereocenters. The molecule has 0 bridgehead atoms. The van der Waals surface area contributed by atoms with E-state index in [4.69, 9.17) is 5.73 Å². The van der Waals surface area contributed by atoms with Crippen LogP contribution in [0.3, 0.4) is 0 Å². The summed E-state index contributed by atoms with van der Waals surface area (Å²) in [6.07, 6.45) is 1.63. The molecule has 0 amide bonds. The summed E-state index contributed by atoms with van der Waals surface area (Å²) in [4.78, 5) is 4.11. The average Bonchev–Trinajstić information content (AvgIpc) is 2.77. The van der Waals surface area contributed by atoms with Gasteiger partial charge in [-0.05, 0) is 25.1 Å². The van der Waals surface area contributed by atoms with Crippen molar-refractivity contribution in [1.29, 1.82) is 0 Å². The lowest BCUT2D eigenvalue weighted by atomic mass is 10.2. The maximum Gasteiger partial charge on any atom is 0.250 e. The molecule has 0 aliphatic rings. The summed E-state index contributed by atoms with van der Waals surface area (Å²) >= 11 is 1.10. The van der Waals surface area contributed by atoms with Crippen LogP contribution in [0.15, 0.2) is 40.1 Å². The van der Waals surface area contributed by atoms with Crippen molar-refractivity contribution < 1.29 is 8.42 Å². The zero-order chi connectivity index (χ0) is 13.2. The second-order valence-electron chi connectivity index (χ2n) is 3.80. The standard InChI is InChI=1S/C11H13N3O2S2/c1-8(10-4-2-3-5-13-10)14-18(15,16)11-6-9(12)7-17-11/h2-8,14H,12H2,1H3. The highest BCUT2D eigenvalue weighted by molar-refractivity contribution is 7.91. The van der Waals surface area contributed by atoms with Crippen molar-refractivity contribution in [2.24, 2.45) is 0 Å². The Morgan fingerprint density at radius 3 is 2.78 bits per heavy atom. The molecule has 0 fully saturated rings. The normalized spacial score (nSPS) is 13.4. The third-order valence-electron chi connectivity index (χ3n) is 2.32. The van der Waals surface area contributed by atoms with E-state index < -0.39 is 10.0 Å². The van der Waals surface area contributed by atoms with Gasteiger partial charge in [0.25, 0.3) is 10.0 Å². The van der Waals surface area contributed by atoms with Crippen LogP contribution in [0.4, 0.5) is 5.69 Å². The van der Waals surface area contributed by atoms with Crippen molar-refractivity contribution in [3.8, 4) is 0 Å². The summed E-state index contributed by atoms with van der Waals surface area (Å²) in [7, 11) is -3.54. The lowest BCUT2D eigenvalue weighted by Gasteiger charge is -2.12. The van der Waals surface area contributed by atoms with Crippen molar-refractivity contribution in [2.75, 3.05) is 5.73 Å². The minimum Gasteiger partial charge on any atom is -0.398 e. The van der Waals surface area contributed by atoms with Crippen LogP contribution >= 0.6 is 11.3 Å². The third kappa shape index (κ3) is 2.87. The molecule has 0 saturated heterocycles. The molecule has 2 rings (SSSR count). The van der Waals surface area contributed by atoms with E-state index in [0.717, 1.165) is 11.3 Å². The largest absolute Gasteiger partial charge is 0.398 e. The van der Waals surface area contributed by atoms with Crippen LogP contribution in [-0.4, -0.2) is 13.4 Å². The zero-order valence-corrected chi connectivity index (χ0v) is 11.3. The molecule has 0 saturated carbocycles. The van der Waals surface area contributed by atoms with E-state index in [0.29, 0.717) is 11.4 Å². The number of nitrogens with one attached hydrogen (secondary N) is 1. The molecule has 18 heavy (non-hydrogen) atoms. The average molecular weight is 283 g/mol. The van der Waals surface area contributed by atoms with Crippen molar-refractivity contribution in [1.82, 2.24) is 9.71 Å². The van der Waals surface area contributed by atoms with Crippen molar-refractivity contribution in [3.63, 3.8) is 0 Å². The molecule has 3 N–H and O–H groups in total. The van der Waals surface area contributed by atoms with Gasteiger partial charge in [-0.1, -0.05) is 6.07 Å². The van der Waals surface area contributed by atoms with Crippen molar-refractivity contribution in [3.05, 3.63) is 41.5 Å². The molecule has 2 aromatic heterocycles. The van der Waals surface area contributed by atoms with Gasteiger partial charge < -0.3 is 5.73 Å². The summed E-state index contributed by atoms with van der Waals surface area (Å²) in [5, 5.41) is 1.60. The number of thiophene rings is 1. The van der Waals surface area contributed by atoms with E-state index in [-0.39, 0.29) is 10.3 Å². The number of nitrogens with two attached hydrogens (primary N) is 1. The Bertz CT molecular complexity index is 623. The quantitative estimate of drug-likeness (QED) is 0.895. The third-order valence-corrected chi connectivity index (χ3v) is 5.32.